The van der Waals surface area contributed by atoms with E-state index in [0.29, 0.717) is 110 Å². The minimum absolute atomic E-state index is 0. The summed E-state index contributed by atoms with van der Waals surface area (Å²) in [7, 11) is 0. The van der Waals surface area contributed by atoms with Crippen molar-refractivity contribution >= 4 is 46.6 Å². The summed E-state index contributed by atoms with van der Waals surface area (Å²) in [6, 6.07) is 38.4. The number of hydrogen-bond acceptors (Lipinski definition) is 18. The second-order valence-electron chi connectivity index (χ2n) is 25.9. The van der Waals surface area contributed by atoms with E-state index < -0.39 is 25.2 Å². The van der Waals surface area contributed by atoms with Gasteiger partial charge in [0.15, 0.2) is 25.2 Å². The van der Waals surface area contributed by atoms with E-state index >= 15 is 0 Å². The number of nitrogens with zero attached hydrogens (tertiary/aromatic N) is 8. The Morgan fingerprint density at radius 2 is 0.705 bits per heavy atom. The molecule has 10 N–H and O–H groups in total. The zero-order valence-corrected chi connectivity index (χ0v) is 82.6. The number of carbonyl (C=O) groups excluding carboxylic acids is 6. The number of benzene rings is 6. The number of unbranched alkanes of at least 4 members (excludes halogenated alkanes) is 10. The van der Waals surface area contributed by atoms with Gasteiger partial charge in [-0.05, 0) is 113 Å². The number of aromatic nitrogens is 6. The molecular formula is C80H94N10O14Zr8. The Labute approximate surface area is 807 Å². The van der Waals surface area contributed by atoms with Gasteiger partial charge in [0, 0.05) is 306 Å². The number of amides is 4. The van der Waals surface area contributed by atoms with E-state index in [9.17, 15) is 69.6 Å². The van der Waals surface area contributed by atoms with Crippen LogP contribution in [0.25, 0.3) is 56.4 Å². The summed E-state index contributed by atoms with van der Waals surface area (Å²) in [4.78, 5) is 79.4. The van der Waals surface area contributed by atoms with Crippen LogP contribution in [0.3, 0.4) is 0 Å². The summed E-state index contributed by atoms with van der Waals surface area (Å²) in [5, 5.41) is 104. The van der Waals surface area contributed by atoms with E-state index in [-0.39, 0.29) is 304 Å². The molecule has 0 atom stereocenters. The van der Waals surface area contributed by atoms with Crippen LogP contribution < -0.4 is 20.4 Å². The van der Waals surface area contributed by atoms with Crippen molar-refractivity contribution in [2.75, 3.05) is 22.9 Å². The number of hydrogen-bond donors (Lipinski definition) is 10. The third-order valence-electron chi connectivity index (χ3n) is 18.5. The standard InChI is InChI=1S/2C40H47N5O7.8Zr/c1-2-14-35(47)41-24-13-5-3-4-6-16-29(46)17-8-12-21-36(48)44-26-28-15-7-9-18-30(28)38-37(31-19-10-11-20-33(31)44)42-43-45(38)34-25-27(39(49)50)22-23-32(34)40(51)52;1-2-14-35(47)41-24-13-5-3-4-6-16-29(46)17-8-12-21-36(48)44-26-28-15-7-9-18-30(28)37-38(31-19-10-11-20-33(31)44)45(43-42-37)34-25-27(39(49)50)22-23-32(34)40(51)52;;;;;;;;/h2*2,7,9-11,14-15,18-20,22-23,25,39-40,49-52H,3-6,8,12-13,16-17,21,24,26H2,1H3,(H,41,47);;;;;;;;/b2*14-2+;;;;;;;;. The predicted octanol–water partition coefficient (Wildman–Crippen LogP) is 11.1. The average Bonchev–Trinajstić information content (AvgIpc) is 1.54. The maximum atomic E-state index is 14.0. The molecule has 580 valence electrons. The van der Waals surface area contributed by atoms with Gasteiger partial charge in [0.25, 0.3) is 0 Å². The Morgan fingerprint density at radius 1 is 0.375 bits per heavy atom. The summed E-state index contributed by atoms with van der Waals surface area (Å²) in [5.41, 5.74) is 8.56. The summed E-state index contributed by atoms with van der Waals surface area (Å²) in [6.45, 7) is 5.47. The third-order valence-corrected chi connectivity index (χ3v) is 18.5. The monoisotopic (exact) mass is 2140 g/mol. The Kier molecular flexibility index (Phi) is 53.3. The van der Waals surface area contributed by atoms with E-state index in [2.05, 4.69) is 31.3 Å². The number of rotatable bonds is 34. The fourth-order valence-corrected chi connectivity index (χ4v) is 13.1. The Morgan fingerprint density at radius 3 is 1.12 bits per heavy atom. The molecule has 4 heterocycles. The summed E-state index contributed by atoms with van der Waals surface area (Å²) in [5.74, 6) is 0.0899. The van der Waals surface area contributed by atoms with E-state index in [1.54, 1.807) is 22.0 Å². The average molecular weight is 2150 g/mol. The van der Waals surface area contributed by atoms with Crippen molar-refractivity contribution in [1.29, 1.82) is 0 Å². The van der Waals surface area contributed by atoms with Crippen molar-refractivity contribution in [1.82, 2.24) is 40.6 Å². The molecule has 8 aromatic rings. The van der Waals surface area contributed by atoms with Crippen LogP contribution in [-0.4, -0.2) is 119 Å². The van der Waals surface area contributed by atoms with Gasteiger partial charge in [0.05, 0.1) is 35.8 Å². The van der Waals surface area contributed by atoms with Crippen molar-refractivity contribution in [3.8, 4) is 56.4 Å². The first-order chi connectivity index (χ1) is 50.4. The molecule has 2 aliphatic heterocycles. The number of Topliss-reactive ketones (excluding diaryl/α,β-unsaturated/α-hetero) is 2. The molecule has 0 saturated carbocycles. The molecule has 0 fully saturated rings. The van der Waals surface area contributed by atoms with E-state index in [1.807, 2.05) is 111 Å². The third kappa shape index (κ3) is 30.4. The molecule has 24 nitrogen and oxygen atoms in total. The van der Waals surface area contributed by atoms with Gasteiger partial charge in [-0.3, -0.25) is 28.8 Å². The van der Waals surface area contributed by atoms with Crippen LogP contribution in [0.4, 0.5) is 11.4 Å². The van der Waals surface area contributed by atoms with Crippen molar-refractivity contribution < 1.29 is 279 Å². The predicted molar refractivity (Wildman–Crippen MR) is 394 cm³/mol. The maximum Gasteiger partial charge on any atom is 0.243 e. The summed E-state index contributed by atoms with van der Waals surface area (Å²) >= 11 is 0. The number of aliphatic hydroxyl groups is 8. The molecular weight excluding hydrogens is 2050 g/mol. The molecule has 0 aliphatic carbocycles. The van der Waals surface area contributed by atoms with Gasteiger partial charge in [0.2, 0.25) is 23.6 Å². The van der Waals surface area contributed by atoms with Crippen molar-refractivity contribution in [2.45, 2.75) is 181 Å². The number of anilines is 2. The minimum Gasteiger partial charge on any atom is -0.364 e. The van der Waals surface area contributed by atoms with Crippen molar-refractivity contribution in [2.24, 2.45) is 0 Å². The van der Waals surface area contributed by atoms with Gasteiger partial charge >= 0.3 is 0 Å². The topological polar surface area (TPSA) is 356 Å². The van der Waals surface area contributed by atoms with E-state index in [4.69, 9.17) is 0 Å². The van der Waals surface area contributed by atoms with Crippen LogP contribution in [0, 0.1) is 0 Å². The summed E-state index contributed by atoms with van der Waals surface area (Å²) < 4.78 is 2.91. The van der Waals surface area contributed by atoms with E-state index in [0.717, 1.165) is 86.5 Å². The number of nitrogens with one attached hydrogen (secondary N) is 2. The van der Waals surface area contributed by atoms with Gasteiger partial charge in [0.1, 0.15) is 34.3 Å². The number of para-hydroxylation sites is 2. The first-order valence-corrected chi connectivity index (χ1v) is 35.8. The molecule has 0 unspecified atom stereocenters. The van der Waals surface area contributed by atoms with Gasteiger partial charge in [-0.25, -0.2) is 9.36 Å². The van der Waals surface area contributed by atoms with Gasteiger partial charge in [-0.15, -0.1) is 10.2 Å². The first-order valence-electron chi connectivity index (χ1n) is 35.8. The largest absolute Gasteiger partial charge is 0.364 e. The molecule has 0 spiro atoms. The fourth-order valence-electron chi connectivity index (χ4n) is 13.1. The zero-order valence-electron chi connectivity index (χ0n) is 62.9. The first kappa shape index (κ1) is 107. The number of aliphatic hydroxyl groups excluding tert-OH is 4. The quantitative estimate of drug-likeness (QED) is 0.0102. The normalized spacial score (nSPS) is 11.5. The molecule has 4 amide bonds. The van der Waals surface area contributed by atoms with Gasteiger partial charge in [-0.2, -0.15) is 0 Å². The smallest absolute Gasteiger partial charge is 0.243 e. The molecule has 10 rings (SSSR count). The van der Waals surface area contributed by atoms with Crippen molar-refractivity contribution in [3.05, 3.63) is 191 Å². The molecule has 0 radical (unpaired) electrons. The van der Waals surface area contributed by atoms with Gasteiger partial charge < -0.3 is 61.3 Å². The van der Waals surface area contributed by atoms with Gasteiger partial charge in [-0.1, -0.05) is 170 Å². The van der Waals surface area contributed by atoms with Crippen LogP contribution in [0.5, 0.6) is 0 Å². The van der Waals surface area contributed by atoms with Crippen LogP contribution in [0.15, 0.2) is 158 Å². The number of fused-ring (bicyclic) bond motifs is 10. The molecule has 6 aromatic carbocycles. The second kappa shape index (κ2) is 55.7. The Bertz CT molecular complexity index is 4350. The molecule has 2 aliphatic rings. The molecule has 2 aromatic heterocycles. The van der Waals surface area contributed by atoms with E-state index in [1.165, 1.54) is 57.9 Å². The number of carbonyl (C=O) groups is 6. The SMILES string of the molecule is C/C=C/C(=O)NCCCCCCCC(=O)CCCCC(=O)N1Cc2ccccc2-c2c(nnn2-c2cc(C(O)O)ccc2C(O)O)-c2ccccc21.C/C=C/C(=O)NCCCCCCCC(=O)CCCCC(=O)N1Cc2ccccc2-c2nnn(-c3cc(C(O)O)ccc3C(O)O)c2-c2ccccc21.[Zr].[Zr].[Zr].[Zr].[Zr].[Zr].[Zr].[Zr]. The number of ketones is 2. The number of allylic oxidation sites excluding steroid dienone is 2. The molecule has 32 heteroatoms. The van der Waals surface area contributed by atoms with Crippen LogP contribution in [0.2, 0.25) is 0 Å². The second-order valence-corrected chi connectivity index (χ2v) is 25.9. The molecule has 112 heavy (non-hydrogen) atoms. The minimum atomic E-state index is -1.89. The Balaban J connectivity index is 0.00000105. The van der Waals surface area contributed by atoms with Crippen LogP contribution >= 0.6 is 0 Å². The molecule has 0 bridgehead atoms. The van der Waals surface area contributed by atoms with Crippen molar-refractivity contribution in [3.63, 3.8) is 0 Å². The fraction of sp³-hybridized carbons (Fsp3) is 0.375. The van der Waals surface area contributed by atoms with Crippen LogP contribution in [0.1, 0.15) is 201 Å². The zero-order chi connectivity index (χ0) is 74.1. The van der Waals surface area contributed by atoms with Crippen LogP contribution in [-0.2, 0) is 251 Å². The molecule has 0 saturated heterocycles. The maximum absolute atomic E-state index is 14.0. The summed E-state index contributed by atoms with van der Waals surface area (Å²) in [6.07, 6.45) is 13.4. The Hall–Kier alpha value is -2.96.